The molecule has 0 spiro atoms. The van der Waals surface area contributed by atoms with Gasteiger partial charge in [0.25, 0.3) is 0 Å². The molecule has 1 saturated heterocycles. The van der Waals surface area contributed by atoms with Gasteiger partial charge < -0.3 is 15.0 Å². The average Bonchev–Trinajstić information content (AvgIpc) is 3.91. The van der Waals surface area contributed by atoms with Gasteiger partial charge in [-0.2, -0.15) is 0 Å². The zero-order valence-electron chi connectivity index (χ0n) is 24.7. The summed E-state index contributed by atoms with van der Waals surface area (Å²) >= 11 is 0. The van der Waals surface area contributed by atoms with Crippen LogP contribution in [0, 0.1) is 25.6 Å². The molecule has 0 bridgehead atoms. The Bertz CT molecular complexity index is 1850. The summed E-state index contributed by atoms with van der Waals surface area (Å²) in [5, 5.41) is 6.22. The molecular weight excluding hydrogens is 567 g/mol. The number of halogens is 1. The zero-order chi connectivity index (χ0) is 30.9. The van der Waals surface area contributed by atoms with Crippen LogP contribution in [0.4, 0.5) is 26.5 Å². The van der Waals surface area contributed by atoms with Crippen LogP contribution >= 0.6 is 0 Å². The van der Waals surface area contributed by atoms with E-state index in [2.05, 4.69) is 30.6 Å². The molecule has 2 aliphatic carbocycles. The largest absolute Gasteiger partial charge is 0.362 e. The fraction of sp³-hybridized carbons (Fsp3) is 0.400. The molecule has 226 valence electrons. The molecule has 7 rings (SSSR count). The molecule has 4 aromatic rings. The Kier molecular flexibility index (Phi) is 6.52. The normalized spacial score (nSPS) is 20.4. The number of carbonyl (C=O) groups excluding carboxylic acids is 3. The number of anilines is 3. The first-order valence-electron chi connectivity index (χ1n) is 14.6. The van der Waals surface area contributed by atoms with Crippen LogP contribution in [0.25, 0.3) is 5.65 Å². The van der Waals surface area contributed by atoms with E-state index in [9.17, 15) is 18.8 Å². The second kappa shape index (κ2) is 10.3. The van der Waals surface area contributed by atoms with Gasteiger partial charge in [0, 0.05) is 37.3 Å². The van der Waals surface area contributed by atoms with Crippen LogP contribution in [-0.2, 0) is 9.59 Å². The number of nitrogens with zero attached hydrogens (tertiary/aromatic N) is 8. The van der Waals surface area contributed by atoms with E-state index in [-0.39, 0.29) is 48.0 Å². The van der Waals surface area contributed by atoms with Crippen molar-refractivity contribution in [2.45, 2.75) is 57.9 Å². The molecule has 1 aliphatic heterocycles. The fourth-order valence-electron chi connectivity index (χ4n) is 5.59. The van der Waals surface area contributed by atoms with Gasteiger partial charge in [0.1, 0.15) is 29.8 Å². The van der Waals surface area contributed by atoms with E-state index in [1.165, 1.54) is 11.9 Å². The lowest BCUT2D eigenvalue weighted by Crippen LogP contribution is -2.30. The topological polar surface area (TPSA) is 151 Å². The van der Waals surface area contributed by atoms with Gasteiger partial charge in [-0.3, -0.25) is 19.4 Å². The molecule has 13 nitrogen and oxygen atoms in total. The summed E-state index contributed by atoms with van der Waals surface area (Å²) in [4.78, 5) is 62.7. The summed E-state index contributed by atoms with van der Waals surface area (Å²) in [7, 11) is 1.49. The molecule has 2 saturated carbocycles. The Balaban J connectivity index is 1.09. The van der Waals surface area contributed by atoms with Crippen LogP contribution in [-0.4, -0.2) is 65.7 Å². The highest BCUT2D eigenvalue weighted by Gasteiger charge is 2.46. The first-order valence-corrected chi connectivity index (χ1v) is 14.6. The van der Waals surface area contributed by atoms with Gasteiger partial charge in [-0.15, -0.1) is 0 Å². The van der Waals surface area contributed by atoms with Crippen molar-refractivity contribution in [3.63, 3.8) is 0 Å². The molecule has 3 fully saturated rings. The lowest BCUT2D eigenvalue weighted by Gasteiger charge is -2.17. The van der Waals surface area contributed by atoms with Crippen molar-refractivity contribution in [1.82, 2.24) is 34.2 Å². The first-order chi connectivity index (χ1) is 21.0. The van der Waals surface area contributed by atoms with E-state index in [4.69, 9.17) is 4.98 Å². The maximum absolute atomic E-state index is 13.6. The Labute approximate surface area is 251 Å². The molecule has 5 heterocycles. The summed E-state index contributed by atoms with van der Waals surface area (Å²) < 4.78 is 15.5. The molecule has 44 heavy (non-hydrogen) atoms. The predicted octanol–water partition coefficient (Wildman–Crippen LogP) is 3.86. The van der Waals surface area contributed by atoms with Crippen molar-refractivity contribution in [3.05, 3.63) is 65.1 Å². The molecule has 3 atom stereocenters. The van der Waals surface area contributed by atoms with Crippen molar-refractivity contribution in [2.75, 3.05) is 29.1 Å². The van der Waals surface area contributed by atoms with E-state index in [1.54, 1.807) is 19.9 Å². The minimum atomic E-state index is -0.473. The van der Waals surface area contributed by atoms with Gasteiger partial charge in [-0.1, -0.05) is 0 Å². The summed E-state index contributed by atoms with van der Waals surface area (Å²) in [6.45, 7) is 5.23. The van der Waals surface area contributed by atoms with E-state index in [1.807, 2.05) is 29.8 Å². The maximum atomic E-state index is 13.6. The monoisotopic (exact) mass is 598 g/mol. The summed E-state index contributed by atoms with van der Waals surface area (Å²) in [5.74, 6) is 0.792. The third-order valence-corrected chi connectivity index (χ3v) is 8.39. The second-order valence-corrected chi connectivity index (χ2v) is 11.8. The molecule has 2 N–H and O–H groups in total. The van der Waals surface area contributed by atoms with Crippen molar-refractivity contribution in [1.29, 1.82) is 0 Å². The Hall–Kier alpha value is -5.01. The van der Waals surface area contributed by atoms with Crippen LogP contribution in [0.5, 0.6) is 0 Å². The van der Waals surface area contributed by atoms with E-state index < -0.39 is 5.82 Å². The number of aryl methyl sites for hydroxylation is 2. The van der Waals surface area contributed by atoms with Crippen molar-refractivity contribution < 1.29 is 18.8 Å². The minimum Gasteiger partial charge on any atom is -0.362 e. The Morgan fingerprint density at radius 1 is 1.07 bits per heavy atom. The van der Waals surface area contributed by atoms with Crippen molar-refractivity contribution >= 4 is 40.8 Å². The number of fused-ring (bicyclic) bond motifs is 1. The molecular formula is C30H31FN10O3. The third kappa shape index (κ3) is 5.09. The number of hydrogen-bond acceptors (Lipinski definition) is 9. The highest BCUT2D eigenvalue weighted by Crippen LogP contribution is 2.46. The highest BCUT2D eigenvalue weighted by atomic mass is 19.1. The summed E-state index contributed by atoms with van der Waals surface area (Å²) in [6.07, 6.45) is 7.85. The molecule has 0 aromatic carbocycles. The molecule has 4 amide bonds. The average molecular weight is 599 g/mol. The quantitative estimate of drug-likeness (QED) is 0.288. The van der Waals surface area contributed by atoms with Gasteiger partial charge in [0.05, 0.1) is 29.3 Å². The summed E-state index contributed by atoms with van der Waals surface area (Å²) in [6, 6.07) is 2.97. The number of aromatic nitrogens is 6. The van der Waals surface area contributed by atoms with Gasteiger partial charge in [0.2, 0.25) is 11.8 Å². The number of likely N-dealkylation sites (N-methyl/N-ethyl adjacent to an activating group) is 1. The molecule has 3 aliphatic rings. The molecule has 2 unspecified atom stereocenters. The lowest BCUT2D eigenvalue weighted by molar-refractivity contribution is -0.124. The van der Waals surface area contributed by atoms with Gasteiger partial charge >= 0.3 is 6.03 Å². The zero-order valence-corrected chi connectivity index (χ0v) is 24.7. The highest BCUT2D eigenvalue weighted by molar-refractivity contribution is 6.13. The Morgan fingerprint density at radius 3 is 2.55 bits per heavy atom. The van der Waals surface area contributed by atoms with Gasteiger partial charge in [-0.05, 0) is 57.6 Å². The smallest absolute Gasteiger partial charge is 0.331 e. The number of hydrogen-bond donors (Lipinski definition) is 2. The van der Waals surface area contributed by atoms with Crippen molar-refractivity contribution in [2.24, 2.45) is 5.92 Å². The SMILES string of the molecule is Cc1nc(NC(=O)C2CC2c2ncc(F)c(C)n2)cc(N[C@H](C)c2cn3cc(C4CC4)cc(N4CC(=O)N(C)C4=O)c3n2)n1. The van der Waals surface area contributed by atoms with Crippen LogP contribution in [0.3, 0.4) is 0 Å². The summed E-state index contributed by atoms with van der Waals surface area (Å²) in [5.41, 5.74) is 3.27. The minimum absolute atomic E-state index is 0.0258. The van der Waals surface area contributed by atoms with Gasteiger partial charge in [0.15, 0.2) is 11.5 Å². The standard InChI is InChI=1S/C30H31FN10O3/c1-14-21(31)10-32-27(34-14)19-8-20(19)29(43)38-25-9-24(35-16(3)36-25)33-15(2)22-12-40-11-18(17-5-6-17)7-23(28(40)37-22)41-13-26(42)39(4)30(41)44/h7,9-12,15,17,19-20H,5-6,8,13H2,1-4H3,(H2,33,35,36,38,43)/t15-,19?,20?/m1/s1. The molecule has 4 aromatic heterocycles. The lowest BCUT2D eigenvalue weighted by atomic mass is 10.1. The van der Waals surface area contributed by atoms with Gasteiger partial charge in [-0.25, -0.2) is 34.1 Å². The van der Waals surface area contributed by atoms with Crippen molar-refractivity contribution in [3.8, 4) is 0 Å². The van der Waals surface area contributed by atoms with E-state index in [0.29, 0.717) is 52.7 Å². The molecule has 0 radical (unpaired) electrons. The number of imidazole rings is 1. The third-order valence-electron chi connectivity index (χ3n) is 8.39. The van der Waals surface area contributed by atoms with Crippen LogP contribution < -0.4 is 15.5 Å². The predicted molar refractivity (Wildman–Crippen MR) is 158 cm³/mol. The molecule has 14 heteroatoms. The number of imide groups is 1. The number of amides is 4. The van der Waals surface area contributed by atoms with Crippen LogP contribution in [0.15, 0.2) is 30.7 Å². The van der Waals surface area contributed by atoms with Crippen LogP contribution in [0.1, 0.15) is 72.7 Å². The number of urea groups is 1. The number of pyridine rings is 1. The first kappa shape index (κ1) is 27.8. The van der Waals surface area contributed by atoms with E-state index in [0.717, 1.165) is 29.5 Å². The van der Waals surface area contributed by atoms with E-state index >= 15 is 0 Å². The Morgan fingerprint density at radius 2 is 1.84 bits per heavy atom. The number of nitrogens with one attached hydrogen (secondary N) is 2. The maximum Gasteiger partial charge on any atom is 0.331 e. The van der Waals surface area contributed by atoms with Crippen LogP contribution in [0.2, 0.25) is 0 Å². The fourth-order valence-corrected chi connectivity index (χ4v) is 5.59. The number of rotatable bonds is 8. The number of carbonyl (C=O) groups is 3. The second-order valence-electron chi connectivity index (χ2n) is 11.8.